The summed E-state index contributed by atoms with van der Waals surface area (Å²) in [7, 11) is 0. The van der Waals surface area contributed by atoms with E-state index >= 15 is 0 Å². The fraction of sp³-hybridized carbons (Fsp3) is 0.357. The predicted octanol–water partition coefficient (Wildman–Crippen LogP) is 2.37. The van der Waals surface area contributed by atoms with Crippen LogP contribution in [0.25, 0.3) is 0 Å². The number of hydrogen-bond acceptors (Lipinski definition) is 4. The molecule has 0 unspecified atom stereocenters. The summed E-state index contributed by atoms with van der Waals surface area (Å²) < 4.78 is 5.10. The van der Waals surface area contributed by atoms with Crippen LogP contribution in [0.2, 0.25) is 10.0 Å². The van der Waals surface area contributed by atoms with Gasteiger partial charge in [-0.25, -0.2) is 4.79 Å². The molecule has 1 fully saturated rings. The lowest BCUT2D eigenvalue weighted by molar-refractivity contribution is -0.145. The van der Waals surface area contributed by atoms with Gasteiger partial charge in [0.25, 0.3) is 0 Å². The SMILES string of the molecule is O=C(CCCN1C(=O)CNC1=O)OCc1c(Cl)cccc1Cl. The van der Waals surface area contributed by atoms with Crippen LogP contribution in [-0.4, -0.2) is 35.9 Å². The summed E-state index contributed by atoms with van der Waals surface area (Å²) in [5.41, 5.74) is 0.549. The van der Waals surface area contributed by atoms with Crippen LogP contribution in [0.1, 0.15) is 18.4 Å². The summed E-state index contributed by atoms with van der Waals surface area (Å²) in [5.74, 6) is -0.732. The Kier molecular flexibility index (Phi) is 5.63. The maximum atomic E-state index is 11.7. The van der Waals surface area contributed by atoms with Crippen LogP contribution in [0.5, 0.6) is 0 Å². The molecule has 1 saturated heterocycles. The first kappa shape index (κ1) is 16.6. The third-order valence-electron chi connectivity index (χ3n) is 3.14. The van der Waals surface area contributed by atoms with Gasteiger partial charge in [0.05, 0.1) is 6.54 Å². The summed E-state index contributed by atoms with van der Waals surface area (Å²) in [6.07, 6.45) is 0.438. The highest BCUT2D eigenvalue weighted by atomic mass is 35.5. The number of urea groups is 1. The van der Waals surface area contributed by atoms with E-state index in [0.29, 0.717) is 22.0 Å². The standard InChI is InChI=1S/C14H14Cl2N2O4/c15-10-3-1-4-11(16)9(10)8-22-13(20)5-2-6-18-12(19)7-17-14(18)21/h1,3-4H,2,5-8H2,(H,17,21). The Bertz CT molecular complexity index is 570. The van der Waals surface area contributed by atoms with Crippen molar-refractivity contribution in [3.05, 3.63) is 33.8 Å². The molecule has 0 radical (unpaired) electrons. The van der Waals surface area contributed by atoms with E-state index < -0.39 is 12.0 Å². The van der Waals surface area contributed by atoms with E-state index in [-0.39, 0.29) is 32.0 Å². The second-order valence-corrected chi connectivity index (χ2v) is 5.48. The van der Waals surface area contributed by atoms with Gasteiger partial charge in [-0.05, 0) is 18.6 Å². The predicted molar refractivity (Wildman–Crippen MR) is 80.6 cm³/mol. The summed E-state index contributed by atoms with van der Waals surface area (Å²) in [4.78, 5) is 35.4. The zero-order chi connectivity index (χ0) is 16.1. The summed E-state index contributed by atoms with van der Waals surface area (Å²) in [5, 5.41) is 3.27. The van der Waals surface area contributed by atoms with Crippen molar-refractivity contribution in [3.8, 4) is 0 Å². The van der Waals surface area contributed by atoms with Gasteiger partial charge in [-0.1, -0.05) is 29.3 Å². The summed E-state index contributed by atoms with van der Waals surface area (Å²) in [6.45, 7) is 0.182. The third-order valence-corrected chi connectivity index (χ3v) is 3.85. The number of benzene rings is 1. The molecule has 1 heterocycles. The van der Waals surface area contributed by atoms with Gasteiger partial charge in [-0.2, -0.15) is 0 Å². The number of nitrogens with one attached hydrogen (secondary N) is 1. The number of imide groups is 1. The van der Waals surface area contributed by atoms with Crippen LogP contribution in [0, 0.1) is 0 Å². The molecule has 118 valence electrons. The number of esters is 1. The molecule has 2 rings (SSSR count). The van der Waals surface area contributed by atoms with Crippen LogP contribution in [0.4, 0.5) is 4.79 Å². The Hall–Kier alpha value is -1.79. The van der Waals surface area contributed by atoms with Gasteiger partial charge in [0.1, 0.15) is 6.61 Å². The topological polar surface area (TPSA) is 75.7 Å². The second kappa shape index (κ2) is 7.47. The van der Waals surface area contributed by atoms with Crippen molar-refractivity contribution in [2.75, 3.05) is 13.1 Å². The Morgan fingerprint density at radius 1 is 1.27 bits per heavy atom. The van der Waals surface area contributed by atoms with E-state index in [1.165, 1.54) is 0 Å². The Morgan fingerprint density at radius 3 is 2.55 bits per heavy atom. The molecule has 6 nitrogen and oxygen atoms in total. The molecule has 1 aliphatic rings. The minimum atomic E-state index is -0.442. The molecule has 0 aromatic heterocycles. The van der Waals surface area contributed by atoms with E-state index in [1.54, 1.807) is 18.2 Å². The quantitative estimate of drug-likeness (QED) is 0.634. The normalized spacial score (nSPS) is 14.2. The van der Waals surface area contributed by atoms with Crippen molar-refractivity contribution in [1.29, 1.82) is 0 Å². The van der Waals surface area contributed by atoms with Crippen LogP contribution >= 0.6 is 23.2 Å². The van der Waals surface area contributed by atoms with Gasteiger partial charge < -0.3 is 10.1 Å². The van der Waals surface area contributed by atoms with Crippen LogP contribution in [0.15, 0.2) is 18.2 Å². The summed E-state index contributed by atoms with van der Waals surface area (Å²) in [6, 6.07) is 4.59. The highest BCUT2D eigenvalue weighted by molar-refractivity contribution is 6.35. The van der Waals surface area contributed by atoms with E-state index in [2.05, 4.69) is 5.32 Å². The van der Waals surface area contributed by atoms with E-state index in [0.717, 1.165) is 4.90 Å². The molecule has 0 spiro atoms. The van der Waals surface area contributed by atoms with Crippen LogP contribution in [-0.2, 0) is 20.9 Å². The van der Waals surface area contributed by atoms with Crippen molar-refractivity contribution in [1.82, 2.24) is 10.2 Å². The molecule has 1 aromatic carbocycles. The number of ether oxygens (including phenoxy) is 1. The average Bonchev–Trinajstić information content (AvgIpc) is 2.78. The molecule has 1 N–H and O–H groups in total. The molecule has 8 heteroatoms. The Balaban J connectivity index is 1.74. The Labute approximate surface area is 137 Å². The molecular weight excluding hydrogens is 331 g/mol. The first-order chi connectivity index (χ1) is 10.5. The maximum absolute atomic E-state index is 11.7. The molecule has 0 bridgehead atoms. The maximum Gasteiger partial charge on any atom is 0.324 e. The molecule has 0 aliphatic carbocycles. The van der Waals surface area contributed by atoms with Crippen molar-refractivity contribution >= 4 is 41.1 Å². The number of hydrogen-bond donors (Lipinski definition) is 1. The van der Waals surface area contributed by atoms with Crippen LogP contribution < -0.4 is 5.32 Å². The smallest absolute Gasteiger partial charge is 0.324 e. The first-order valence-corrected chi connectivity index (χ1v) is 7.41. The minimum Gasteiger partial charge on any atom is -0.461 e. The Morgan fingerprint density at radius 2 is 1.95 bits per heavy atom. The molecule has 1 aliphatic heterocycles. The fourth-order valence-electron chi connectivity index (χ4n) is 1.96. The fourth-order valence-corrected chi connectivity index (χ4v) is 2.46. The first-order valence-electron chi connectivity index (χ1n) is 6.65. The van der Waals surface area contributed by atoms with Gasteiger partial charge in [0, 0.05) is 28.6 Å². The largest absolute Gasteiger partial charge is 0.461 e. The van der Waals surface area contributed by atoms with E-state index in [1.807, 2.05) is 0 Å². The number of amides is 3. The van der Waals surface area contributed by atoms with Crippen molar-refractivity contribution in [2.45, 2.75) is 19.4 Å². The molecular formula is C14H14Cl2N2O4. The van der Waals surface area contributed by atoms with Crippen molar-refractivity contribution in [2.24, 2.45) is 0 Å². The van der Waals surface area contributed by atoms with Crippen molar-refractivity contribution < 1.29 is 19.1 Å². The highest BCUT2D eigenvalue weighted by Crippen LogP contribution is 2.25. The molecule has 3 amide bonds. The van der Waals surface area contributed by atoms with E-state index in [4.69, 9.17) is 27.9 Å². The van der Waals surface area contributed by atoms with Crippen LogP contribution in [0.3, 0.4) is 0 Å². The zero-order valence-corrected chi connectivity index (χ0v) is 13.1. The summed E-state index contributed by atoms with van der Waals surface area (Å²) >= 11 is 11.9. The molecule has 0 atom stereocenters. The molecule has 0 saturated carbocycles. The average molecular weight is 345 g/mol. The second-order valence-electron chi connectivity index (χ2n) is 4.67. The lowest BCUT2D eigenvalue weighted by Gasteiger charge is -2.12. The van der Waals surface area contributed by atoms with Gasteiger partial charge in [0.2, 0.25) is 5.91 Å². The van der Waals surface area contributed by atoms with Gasteiger partial charge in [-0.3, -0.25) is 14.5 Å². The highest BCUT2D eigenvalue weighted by Gasteiger charge is 2.27. The lowest BCUT2D eigenvalue weighted by Crippen LogP contribution is -2.32. The van der Waals surface area contributed by atoms with Crippen molar-refractivity contribution in [3.63, 3.8) is 0 Å². The minimum absolute atomic E-state index is 0.00822. The van der Waals surface area contributed by atoms with Gasteiger partial charge in [-0.15, -0.1) is 0 Å². The number of halogens is 2. The zero-order valence-electron chi connectivity index (χ0n) is 11.6. The number of carbonyl (C=O) groups is 3. The van der Waals surface area contributed by atoms with Gasteiger partial charge >= 0.3 is 12.0 Å². The van der Waals surface area contributed by atoms with E-state index in [9.17, 15) is 14.4 Å². The number of carbonyl (C=O) groups excluding carboxylic acids is 3. The number of nitrogens with zero attached hydrogens (tertiary/aromatic N) is 1. The molecule has 22 heavy (non-hydrogen) atoms. The monoisotopic (exact) mass is 344 g/mol. The van der Waals surface area contributed by atoms with Gasteiger partial charge in [0.15, 0.2) is 0 Å². The molecule has 1 aromatic rings. The third kappa shape index (κ3) is 4.11. The lowest BCUT2D eigenvalue weighted by atomic mass is 10.2. The number of rotatable bonds is 6.